The van der Waals surface area contributed by atoms with Crippen LogP contribution in [0.15, 0.2) is 60.2 Å². The van der Waals surface area contributed by atoms with Crippen LogP contribution in [0.5, 0.6) is 17.2 Å². The predicted octanol–water partition coefficient (Wildman–Crippen LogP) is 2.58. The smallest absolute Gasteiger partial charge is 0.260 e. The Balaban J connectivity index is 2.11. The average Bonchev–Trinajstić information content (AvgIpc) is 2.76. The zero-order valence-corrected chi connectivity index (χ0v) is 19.1. The second kappa shape index (κ2) is 11.8. The van der Waals surface area contributed by atoms with Crippen molar-refractivity contribution >= 4 is 27.8 Å². The Kier molecular flexibility index (Phi) is 9.08. The summed E-state index contributed by atoms with van der Waals surface area (Å²) in [6.45, 7) is 5.62. The third-order valence-electron chi connectivity index (χ3n) is 4.07. The Bertz CT molecular complexity index is 1070. The van der Waals surface area contributed by atoms with Crippen molar-refractivity contribution in [2.45, 2.75) is 6.92 Å². The number of rotatable bonds is 12. The number of hydrazone groups is 1. The molecule has 0 saturated carbocycles. The highest BCUT2D eigenvalue weighted by atomic mass is 32.2. The minimum Gasteiger partial charge on any atom is -0.493 e. The van der Waals surface area contributed by atoms with Crippen LogP contribution in [0.25, 0.3) is 0 Å². The zero-order valence-electron chi connectivity index (χ0n) is 18.3. The first-order chi connectivity index (χ1) is 15.3. The fourth-order valence-electron chi connectivity index (χ4n) is 2.70. The molecule has 32 heavy (non-hydrogen) atoms. The molecule has 2 aromatic carbocycles. The Morgan fingerprint density at radius 1 is 1.16 bits per heavy atom. The molecule has 1 N–H and O–H groups in total. The Hall–Kier alpha value is -3.53. The molecular formula is C22H27N3O6S. The van der Waals surface area contributed by atoms with E-state index >= 15 is 0 Å². The third kappa shape index (κ3) is 7.02. The number of nitrogens with zero attached hydrogens (tertiary/aromatic N) is 2. The van der Waals surface area contributed by atoms with E-state index in [1.807, 2.05) is 0 Å². The molecule has 10 heteroatoms. The van der Waals surface area contributed by atoms with Crippen LogP contribution in [-0.2, 0) is 14.8 Å². The van der Waals surface area contributed by atoms with Gasteiger partial charge in [-0.1, -0.05) is 24.8 Å². The second-order valence-corrected chi connectivity index (χ2v) is 8.38. The van der Waals surface area contributed by atoms with Crippen LogP contribution in [-0.4, -0.2) is 53.7 Å². The van der Waals surface area contributed by atoms with E-state index in [0.29, 0.717) is 36.0 Å². The number of para-hydroxylation sites is 2. The van der Waals surface area contributed by atoms with Gasteiger partial charge in [0.15, 0.2) is 11.5 Å². The molecule has 0 aliphatic carbocycles. The summed E-state index contributed by atoms with van der Waals surface area (Å²) in [5, 5.41) is 3.91. The van der Waals surface area contributed by atoms with Gasteiger partial charge in [0.2, 0.25) is 10.0 Å². The number of nitrogens with one attached hydrogen (secondary N) is 1. The maximum absolute atomic E-state index is 12.4. The van der Waals surface area contributed by atoms with Crippen LogP contribution in [0.3, 0.4) is 0 Å². The Labute approximate surface area is 188 Å². The summed E-state index contributed by atoms with van der Waals surface area (Å²) in [5.41, 5.74) is 3.26. The maximum atomic E-state index is 12.4. The van der Waals surface area contributed by atoms with E-state index in [0.717, 1.165) is 10.6 Å². The first-order valence-corrected chi connectivity index (χ1v) is 11.6. The van der Waals surface area contributed by atoms with Crippen molar-refractivity contribution in [3.8, 4) is 17.2 Å². The molecule has 0 atom stereocenters. The molecule has 172 valence electrons. The molecule has 2 rings (SSSR count). The minimum absolute atomic E-state index is 0.274. The molecule has 0 aliphatic rings. The number of hydrogen-bond acceptors (Lipinski definition) is 7. The monoisotopic (exact) mass is 461 g/mol. The van der Waals surface area contributed by atoms with E-state index in [9.17, 15) is 13.2 Å². The lowest BCUT2D eigenvalue weighted by atomic mass is 10.2. The SMILES string of the molecule is C=CCOc1ccc(/C=N\NC(=O)CN(c2ccccc2OCC)S(C)(=O)=O)cc1OC. The van der Waals surface area contributed by atoms with Crippen molar-refractivity contribution in [2.24, 2.45) is 5.10 Å². The molecule has 0 fully saturated rings. The lowest BCUT2D eigenvalue weighted by Gasteiger charge is -2.23. The molecular weight excluding hydrogens is 434 g/mol. The van der Waals surface area contributed by atoms with Gasteiger partial charge in [-0.25, -0.2) is 13.8 Å². The first-order valence-electron chi connectivity index (χ1n) is 9.73. The first kappa shape index (κ1) is 24.7. The molecule has 0 unspecified atom stereocenters. The zero-order chi connectivity index (χ0) is 23.6. The molecule has 0 radical (unpaired) electrons. The van der Waals surface area contributed by atoms with E-state index < -0.39 is 22.5 Å². The summed E-state index contributed by atoms with van der Waals surface area (Å²) < 4.78 is 41.9. The lowest BCUT2D eigenvalue weighted by molar-refractivity contribution is -0.119. The number of hydrogen-bond donors (Lipinski definition) is 1. The fraction of sp³-hybridized carbons (Fsp3) is 0.273. The van der Waals surface area contributed by atoms with Crippen molar-refractivity contribution in [3.05, 3.63) is 60.7 Å². The highest BCUT2D eigenvalue weighted by molar-refractivity contribution is 7.92. The molecule has 2 aromatic rings. The number of carbonyl (C=O) groups is 1. The summed E-state index contributed by atoms with van der Waals surface area (Å²) >= 11 is 0. The number of carbonyl (C=O) groups excluding carboxylic acids is 1. The Morgan fingerprint density at radius 3 is 2.56 bits per heavy atom. The number of sulfonamides is 1. The molecule has 0 bridgehead atoms. The van der Waals surface area contributed by atoms with Crippen LogP contribution >= 0.6 is 0 Å². The third-order valence-corrected chi connectivity index (χ3v) is 5.20. The van der Waals surface area contributed by atoms with Crippen LogP contribution < -0.4 is 23.9 Å². The number of ether oxygens (including phenoxy) is 3. The van der Waals surface area contributed by atoms with Gasteiger partial charge in [-0.2, -0.15) is 5.10 Å². The molecule has 0 heterocycles. The molecule has 0 aromatic heterocycles. The maximum Gasteiger partial charge on any atom is 0.260 e. The second-order valence-electron chi connectivity index (χ2n) is 6.47. The lowest BCUT2D eigenvalue weighted by Crippen LogP contribution is -2.39. The van der Waals surface area contributed by atoms with Crippen molar-refractivity contribution in [1.29, 1.82) is 0 Å². The van der Waals surface area contributed by atoms with Crippen molar-refractivity contribution in [3.63, 3.8) is 0 Å². The van der Waals surface area contributed by atoms with Crippen molar-refractivity contribution in [2.75, 3.05) is 37.4 Å². The largest absolute Gasteiger partial charge is 0.493 e. The number of methoxy groups -OCH3 is 1. The van der Waals surface area contributed by atoms with Crippen LogP contribution in [0, 0.1) is 0 Å². The molecule has 0 spiro atoms. The fourth-order valence-corrected chi connectivity index (χ4v) is 3.56. The molecule has 9 nitrogen and oxygen atoms in total. The van der Waals surface area contributed by atoms with Gasteiger partial charge in [-0.15, -0.1) is 0 Å². The molecule has 0 saturated heterocycles. The summed E-state index contributed by atoms with van der Waals surface area (Å²) in [6, 6.07) is 11.7. The minimum atomic E-state index is -3.75. The van der Waals surface area contributed by atoms with Gasteiger partial charge in [0.05, 0.1) is 31.9 Å². The average molecular weight is 462 g/mol. The van der Waals surface area contributed by atoms with Crippen molar-refractivity contribution < 1.29 is 27.4 Å². The van der Waals surface area contributed by atoms with Gasteiger partial charge in [-0.3, -0.25) is 9.10 Å². The molecule has 0 aliphatic heterocycles. The van der Waals surface area contributed by atoms with Gasteiger partial charge < -0.3 is 14.2 Å². The predicted molar refractivity (Wildman–Crippen MR) is 124 cm³/mol. The van der Waals surface area contributed by atoms with Crippen LogP contribution in [0.1, 0.15) is 12.5 Å². The van der Waals surface area contributed by atoms with Gasteiger partial charge in [0, 0.05) is 0 Å². The summed E-state index contributed by atoms with van der Waals surface area (Å²) in [6.07, 6.45) is 4.06. The van der Waals surface area contributed by atoms with Gasteiger partial charge in [0.25, 0.3) is 5.91 Å². The normalized spacial score (nSPS) is 11.1. The quantitative estimate of drug-likeness (QED) is 0.296. The summed E-state index contributed by atoms with van der Waals surface area (Å²) in [5.74, 6) is 0.793. The van der Waals surface area contributed by atoms with Gasteiger partial charge in [-0.05, 0) is 42.8 Å². The number of anilines is 1. The van der Waals surface area contributed by atoms with Crippen LogP contribution in [0.2, 0.25) is 0 Å². The van der Waals surface area contributed by atoms with Gasteiger partial charge in [0.1, 0.15) is 18.9 Å². The highest BCUT2D eigenvalue weighted by Gasteiger charge is 2.23. The number of benzene rings is 2. The van der Waals surface area contributed by atoms with E-state index in [2.05, 4.69) is 17.1 Å². The highest BCUT2D eigenvalue weighted by Crippen LogP contribution is 2.30. The van der Waals surface area contributed by atoms with E-state index in [-0.39, 0.29) is 5.69 Å². The summed E-state index contributed by atoms with van der Waals surface area (Å²) in [7, 11) is -2.24. The van der Waals surface area contributed by atoms with E-state index in [1.165, 1.54) is 13.3 Å². The van der Waals surface area contributed by atoms with Gasteiger partial charge >= 0.3 is 0 Å². The van der Waals surface area contributed by atoms with E-state index in [4.69, 9.17) is 14.2 Å². The topological polar surface area (TPSA) is 107 Å². The number of amides is 1. The van der Waals surface area contributed by atoms with E-state index in [1.54, 1.807) is 55.5 Å². The molecule has 1 amide bonds. The van der Waals surface area contributed by atoms with Crippen LogP contribution in [0.4, 0.5) is 5.69 Å². The Morgan fingerprint density at radius 2 is 1.91 bits per heavy atom. The standard InChI is InChI=1S/C22H27N3O6S/c1-5-13-31-20-12-11-17(14-21(20)29-3)15-23-24-22(26)16-25(32(4,27)28)18-9-7-8-10-19(18)30-6-2/h5,7-12,14-15H,1,6,13,16H2,2-4H3,(H,24,26)/b23-15-. The summed E-state index contributed by atoms with van der Waals surface area (Å²) in [4.78, 5) is 12.4. The van der Waals surface area contributed by atoms with Crippen molar-refractivity contribution in [1.82, 2.24) is 5.43 Å².